The number of hydrogen-bond acceptors (Lipinski definition) is 2. The van der Waals surface area contributed by atoms with E-state index >= 15 is 0 Å². The van der Waals surface area contributed by atoms with Crippen LogP contribution in [0.1, 0.15) is 73.6 Å². The molecule has 1 saturated heterocycles. The third kappa shape index (κ3) is 4.47. The lowest BCUT2D eigenvalue weighted by atomic mass is 9.81. The average molecular weight is 282 g/mol. The van der Waals surface area contributed by atoms with Crippen LogP contribution in [-0.4, -0.2) is 29.6 Å². The van der Waals surface area contributed by atoms with Gasteiger partial charge < -0.3 is 4.90 Å². The molecule has 1 amide bonds. The summed E-state index contributed by atoms with van der Waals surface area (Å²) in [5, 5.41) is 3.56. The van der Waals surface area contributed by atoms with Crippen molar-refractivity contribution in [2.24, 2.45) is 11.3 Å². The molecule has 1 aliphatic heterocycles. The van der Waals surface area contributed by atoms with Crippen molar-refractivity contribution in [2.45, 2.75) is 85.9 Å². The van der Waals surface area contributed by atoms with Crippen LogP contribution in [-0.2, 0) is 4.79 Å². The van der Waals surface area contributed by atoms with Crippen LogP contribution >= 0.6 is 0 Å². The lowest BCUT2D eigenvalue weighted by Gasteiger charge is -2.33. The summed E-state index contributed by atoms with van der Waals surface area (Å²) in [5.41, 5.74) is 0.249. The standard InChI is InChI=1S/C17H34N2O/c1-7-9-11-14-16(20)19(15(18-14)10-8-2)12-13(3)17(4,5)6/h13-15,18H,7-12H2,1-6H3. The van der Waals surface area contributed by atoms with Gasteiger partial charge in [0.1, 0.15) is 0 Å². The number of unbranched alkanes of at least 4 members (excludes halogenated alkanes) is 1. The molecule has 0 aromatic heterocycles. The molecule has 0 aliphatic carbocycles. The quantitative estimate of drug-likeness (QED) is 0.770. The Balaban J connectivity index is 2.71. The third-order valence-corrected chi connectivity index (χ3v) is 4.71. The second kappa shape index (κ2) is 7.44. The van der Waals surface area contributed by atoms with E-state index in [1.165, 1.54) is 0 Å². The molecule has 3 atom stereocenters. The van der Waals surface area contributed by atoms with Crippen molar-refractivity contribution in [3.05, 3.63) is 0 Å². The highest BCUT2D eigenvalue weighted by Gasteiger charge is 2.39. The second-order valence-corrected chi connectivity index (χ2v) is 7.42. The van der Waals surface area contributed by atoms with Gasteiger partial charge in [0.2, 0.25) is 5.91 Å². The first kappa shape index (κ1) is 17.5. The maximum absolute atomic E-state index is 12.6. The molecule has 1 N–H and O–H groups in total. The molecule has 0 aromatic rings. The molecule has 0 aromatic carbocycles. The summed E-state index contributed by atoms with van der Waals surface area (Å²) >= 11 is 0. The Morgan fingerprint density at radius 3 is 2.35 bits per heavy atom. The Morgan fingerprint density at radius 2 is 1.85 bits per heavy atom. The van der Waals surface area contributed by atoms with Gasteiger partial charge in [-0.2, -0.15) is 0 Å². The predicted molar refractivity (Wildman–Crippen MR) is 85.5 cm³/mol. The van der Waals surface area contributed by atoms with Crippen LogP contribution in [0, 0.1) is 11.3 Å². The van der Waals surface area contributed by atoms with Crippen molar-refractivity contribution in [1.82, 2.24) is 10.2 Å². The fraction of sp³-hybridized carbons (Fsp3) is 0.941. The van der Waals surface area contributed by atoms with Crippen LogP contribution in [0.3, 0.4) is 0 Å². The van der Waals surface area contributed by atoms with Gasteiger partial charge in [0.25, 0.3) is 0 Å². The lowest BCUT2D eigenvalue weighted by molar-refractivity contribution is -0.131. The SMILES string of the molecule is CCCCC1NC(CCC)N(CC(C)C(C)(C)C)C1=O. The summed E-state index contributed by atoms with van der Waals surface area (Å²) < 4.78 is 0. The molecule has 3 heteroatoms. The zero-order chi connectivity index (χ0) is 15.3. The van der Waals surface area contributed by atoms with E-state index < -0.39 is 0 Å². The van der Waals surface area contributed by atoms with Gasteiger partial charge in [-0.3, -0.25) is 10.1 Å². The minimum atomic E-state index is 0.0543. The first-order valence-electron chi connectivity index (χ1n) is 8.37. The van der Waals surface area contributed by atoms with Gasteiger partial charge in [0.05, 0.1) is 12.2 Å². The van der Waals surface area contributed by atoms with Crippen LogP contribution < -0.4 is 5.32 Å². The van der Waals surface area contributed by atoms with E-state index in [4.69, 9.17) is 0 Å². The van der Waals surface area contributed by atoms with Crippen LogP contribution in [0.4, 0.5) is 0 Å². The molecule has 1 rings (SSSR count). The first-order valence-corrected chi connectivity index (χ1v) is 8.37. The average Bonchev–Trinajstić information content (AvgIpc) is 2.64. The summed E-state index contributed by atoms with van der Waals surface area (Å²) in [6.45, 7) is 14.3. The maximum atomic E-state index is 12.6. The highest BCUT2D eigenvalue weighted by molar-refractivity contribution is 5.84. The number of hydrogen-bond donors (Lipinski definition) is 1. The summed E-state index contributed by atoms with van der Waals surface area (Å²) in [5.74, 6) is 0.838. The van der Waals surface area contributed by atoms with Gasteiger partial charge in [-0.1, -0.05) is 60.8 Å². The molecule has 1 aliphatic rings. The van der Waals surface area contributed by atoms with E-state index in [-0.39, 0.29) is 17.6 Å². The predicted octanol–water partition coefficient (Wildman–Crippen LogP) is 3.79. The van der Waals surface area contributed by atoms with Gasteiger partial charge in [0.15, 0.2) is 0 Å². The second-order valence-electron chi connectivity index (χ2n) is 7.42. The number of carbonyl (C=O) groups excluding carboxylic acids is 1. The van der Waals surface area contributed by atoms with E-state index in [1.54, 1.807) is 0 Å². The zero-order valence-corrected chi connectivity index (χ0v) is 14.3. The number of nitrogens with one attached hydrogen (secondary N) is 1. The van der Waals surface area contributed by atoms with Crippen molar-refractivity contribution < 1.29 is 4.79 Å². The maximum Gasteiger partial charge on any atom is 0.241 e. The fourth-order valence-electron chi connectivity index (χ4n) is 2.66. The van der Waals surface area contributed by atoms with Crippen LogP contribution in [0.2, 0.25) is 0 Å². The van der Waals surface area contributed by atoms with Crippen molar-refractivity contribution in [1.29, 1.82) is 0 Å². The number of rotatable bonds is 7. The van der Waals surface area contributed by atoms with E-state index in [0.29, 0.717) is 11.8 Å². The van der Waals surface area contributed by atoms with Crippen LogP contribution in [0.15, 0.2) is 0 Å². The van der Waals surface area contributed by atoms with Crippen molar-refractivity contribution in [3.63, 3.8) is 0 Å². The summed E-state index contributed by atoms with van der Waals surface area (Å²) in [7, 11) is 0. The smallest absolute Gasteiger partial charge is 0.241 e. The van der Waals surface area contributed by atoms with Gasteiger partial charge in [-0.05, 0) is 24.2 Å². The summed E-state index contributed by atoms with van der Waals surface area (Å²) in [6.07, 6.45) is 5.69. The molecule has 0 bridgehead atoms. The van der Waals surface area contributed by atoms with Gasteiger partial charge in [-0.15, -0.1) is 0 Å². The van der Waals surface area contributed by atoms with E-state index in [0.717, 1.165) is 38.6 Å². The Bertz CT molecular complexity index is 309. The third-order valence-electron chi connectivity index (χ3n) is 4.71. The number of nitrogens with zero attached hydrogens (tertiary/aromatic N) is 1. The summed E-state index contributed by atoms with van der Waals surface area (Å²) in [4.78, 5) is 14.7. The minimum absolute atomic E-state index is 0.0543. The molecule has 0 radical (unpaired) electrons. The molecule has 0 spiro atoms. The first-order chi connectivity index (χ1) is 9.31. The molecule has 3 nitrogen and oxygen atoms in total. The number of amides is 1. The van der Waals surface area contributed by atoms with E-state index in [1.807, 2.05) is 0 Å². The summed E-state index contributed by atoms with van der Waals surface area (Å²) in [6, 6.07) is 0.0543. The van der Waals surface area contributed by atoms with Crippen molar-refractivity contribution in [3.8, 4) is 0 Å². The van der Waals surface area contributed by atoms with E-state index in [9.17, 15) is 4.79 Å². The van der Waals surface area contributed by atoms with Gasteiger partial charge in [0, 0.05) is 6.54 Å². The normalized spacial score (nSPS) is 25.3. The van der Waals surface area contributed by atoms with Crippen LogP contribution in [0.5, 0.6) is 0 Å². The molecule has 118 valence electrons. The number of carbonyl (C=O) groups is 1. The van der Waals surface area contributed by atoms with E-state index in [2.05, 4.69) is 51.8 Å². The molecule has 20 heavy (non-hydrogen) atoms. The Labute approximate surface area is 125 Å². The Morgan fingerprint density at radius 1 is 1.20 bits per heavy atom. The molecule has 1 heterocycles. The highest BCUT2D eigenvalue weighted by Crippen LogP contribution is 2.29. The topological polar surface area (TPSA) is 32.3 Å². The largest absolute Gasteiger partial charge is 0.326 e. The minimum Gasteiger partial charge on any atom is -0.326 e. The van der Waals surface area contributed by atoms with Crippen LogP contribution in [0.25, 0.3) is 0 Å². The molecular weight excluding hydrogens is 248 g/mol. The molecule has 0 saturated carbocycles. The van der Waals surface area contributed by atoms with Crippen molar-refractivity contribution in [2.75, 3.05) is 6.54 Å². The molecule has 3 unspecified atom stereocenters. The lowest BCUT2D eigenvalue weighted by Crippen LogP contribution is -2.42. The van der Waals surface area contributed by atoms with Gasteiger partial charge >= 0.3 is 0 Å². The monoisotopic (exact) mass is 282 g/mol. The highest BCUT2D eigenvalue weighted by atomic mass is 16.2. The molecule has 1 fully saturated rings. The Hall–Kier alpha value is -0.570. The Kier molecular flexibility index (Phi) is 6.50. The molecular formula is C17H34N2O. The van der Waals surface area contributed by atoms with Crippen molar-refractivity contribution >= 4 is 5.91 Å². The zero-order valence-electron chi connectivity index (χ0n) is 14.3. The van der Waals surface area contributed by atoms with Gasteiger partial charge in [-0.25, -0.2) is 0 Å². The fourth-order valence-corrected chi connectivity index (χ4v) is 2.66.